The summed E-state index contributed by atoms with van der Waals surface area (Å²) in [5, 5.41) is 8.23. The molecule has 5 nitrogen and oxygen atoms in total. The maximum atomic E-state index is 11.1. The van der Waals surface area contributed by atoms with Crippen LogP contribution in [-0.4, -0.2) is 33.4 Å². The number of nitrogens with one attached hydrogen (secondary N) is 1. The van der Waals surface area contributed by atoms with Crippen molar-refractivity contribution < 1.29 is 13.2 Å². The summed E-state index contributed by atoms with van der Waals surface area (Å²) in [6, 6.07) is 1.58. The fraction of sp³-hybridized carbons (Fsp3) is 0.857. The van der Waals surface area contributed by atoms with Crippen molar-refractivity contribution in [2.45, 2.75) is 19.4 Å². The fourth-order valence-electron chi connectivity index (χ4n) is 0.932. The Morgan fingerprint density at radius 1 is 1.54 bits per heavy atom. The first-order valence-corrected chi connectivity index (χ1v) is 5.36. The van der Waals surface area contributed by atoms with E-state index in [0.29, 0.717) is 0 Å². The van der Waals surface area contributed by atoms with Crippen LogP contribution in [0.3, 0.4) is 0 Å². The Labute approximate surface area is 78.7 Å². The van der Waals surface area contributed by atoms with Crippen molar-refractivity contribution in [1.82, 2.24) is 4.72 Å². The van der Waals surface area contributed by atoms with Gasteiger partial charge in [-0.25, -0.2) is 13.1 Å². The molecule has 0 bridgehead atoms. The first-order chi connectivity index (χ1) is 5.83. The molecule has 0 heterocycles. The summed E-state index contributed by atoms with van der Waals surface area (Å²) in [6.45, 7) is 3.63. The highest BCUT2D eigenvalue weighted by Gasteiger charge is 2.24. The smallest absolute Gasteiger partial charge is 0.225 e. The number of methoxy groups -OCH3 is 1. The summed E-state index contributed by atoms with van der Waals surface area (Å²) in [4.78, 5) is 0. The van der Waals surface area contributed by atoms with Crippen LogP contribution < -0.4 is 4.72 Å². The number of rotatable bonds is 5. The number of sulfonamides is 1. The van der Waals surface area contributed by atoms with Crippen LogP contribution in [0.15, 0.2) is 0 Å². The number of nitrogens with zero attached hydrogens (tertiary/aromatic N) is 1. The Kier molecular flexibility index (Phi) is 4.33. The minimum Gasteiger partial charge on any atom is -0.383 e. The van der Waals surface area contributed by atoms with Crippen molar-refractivity contribution in [1.29, 1.82) is 5.26 Å². The molecule has 6 heteroatoms. The monoisotopic (exact) mass is 206 g/mol. The zero-order valence-electron chi connectivity index (χ0n) is 7.99. The van der Waals surface area contributed by atoms with Gasteiger partial charge >= 0.3 is 0 Å². The second-order valence-electron chi connectivity index (χ2n) is 3.34. The molecule has 0 amide bonds. The van der Waals surface area contributed by atoms with Crippen molar-refractivity contribution >= 4 is 10.0 Å². The molecule has 0 aliphatic heterocycles. The van der Waals surface area contributed by atoms with Gasteiger partial charge in [-0.3, -0.25) is 0 Å². The topological polar surface area (TPSA) is 79.2 Å². The molecule has 0 aliphatic carbocycles. The standard InChI is InChI=1S/C7H14N2O3S/c1-7(2,6-12-3)9-13(10,11)5-4-8/h9H,5-6H2,1-3H3. The highest BCUT2D eigenvalue weighted by Crippen LogP contribution is 2.04. The molecule has 0 fully saturated rings. The van der Waals surface area contributed by atoms with Gasteiger partial charge in [0.15, 0.2) is 5.75 Å². The highest BCUT2D eigenvalue weighted by atomic mass is 32.2. The lowest BCUT2D eigenvalue weighted by Gasteiger charge is -2.23. The summed E-state index contributed by atoms with van der Waals surface area (Å²) < 4.78 is 29.4. The first kappa shape index (κ1) is 12.4. The van der Waals surface area contributed by atoms with Gasteiger partial charge in [-0.2, -0.15) is 5.26 Å². The van der Waals surface area contributed by atoms with Crippen molar-refractivity contribution in [2.75, 3.05) is 19.5 Å². The third kappa shape index (κ3) is 5.58. The normalized spacial score (nSPS) is 12.5. The van der Waals surface area contributed by atoms with Gasteiger partial charge in [0.2, 0.25) is 10.0 Å². The largest absolute Gasteiger partial charge is 0.383 e. The zero-order valence-corrected chi connectivity index (χ0v) is 8.81. The molecule has 0 spiro atoms. The predicted octanol–water partition coefficient (Wildman–Crippen LogP) is -0.146. The minimum absolute atomic E-state index is 0.262. The molecule has 0 rings (SSSR count). The van der Waals surface area contributed by atoms with E-state index < -0.39 is 21.3 Å². The molecule has 0 unspecified atom stereocenters. The molecule has 0 aliphatic rings. The van der Waals surface area contributed by atoms with Gasteiger partial charge in [-0.15, -0.1) is 0 Å². The van der Waals surface area contributed by atoms with Gasteiger partial charge in [-0.05, 0) is 13.8 Å². The van der Waals surface area contributed by atoms with Crippen LogP contribution in [0, 0.1) is 11.3 Å². The maximum Gasteiger partial charge on any atom is 0.225 e. The lowest BCUT2D eigenvalue weighted by atomic mass is 10.1. The lowest BCUT2D eigenvalue weighted by molar-refractivity contribution is 0.141. The summed E-state index contributed by atoms with van der Waals surface area (Å²) in [7, 11) is -2.02. The average Bonchev–Trinajstić information content (AvgIpc) is 1.82. The Morgan fingerprint density at radius 3 is 2.46 bits per heavy atom. The quantitative estimate of drug-likeness (QED) is 0.678. The van der Waals surface area contributed by atoms with Crippen molar-refractivity contribution in [3.05, 3.63) is 0 Å². The van der Waals surface area contributed by atoms with E-state index in [4.69, 9.17) is 10.00 Å². The predicted molar refractivity (Wildman–Crippen MR) is 48.5 cm³/mol. The molecule has 0 atom stereocenters. The Bertz CT molecular complexity index is 289. The summed E-state index contributed by atoms with van der Waals surface area (Å²) in [6.07, 6.45) is 0. The molecule has 0 saturated carbocycles. The molecular formula is C7H14N2O3S. The van der Waals surface area contributed by atoms with Gasteiger partial charge in [0.05, 0.1) is 18.2 Å². The number of nitriles is 1. The van der Waals surface area contributed by atoms with Gasteiger partial charge in [0.1, 0.15) is 0 Å². The van der Waals surface area contributed by atoms with Crippen molar-refractivity contribution in [3.8, 4) is 6.07 Å². The molecule has 0 aromatic carbocycles. The van der Waals surface area contributed by atoms with Gasteiger partial charge < -0.3 is 4.74 Å². The highest BCUT2D eigenvalue weighted by molar-refractivity contribution is 7.89. The van der Waals surface area contributed by atoms with Crippen LogP contribution in [0.1, 0.15) is 13.8 Å². The molecule has 13 heavy (non-hydrogen) atoms. The van der Waals surface area contributed by atoms with Gasteiger partial charge in [-0.1, -0.05) is 0 Å². The van der Waals surface area contributed by atoms with Crippen LogP contribution in [0.5, 0.6) is 0 Å². The van der Waals surface area contributed by atoms with E-state index in [9.17, 15) is 8.42 Å². The van der Waals surface area contributed by atoms with E-state index in [0.717, 1.165) is 0 Å². The van der Waals surface area contributed by atoms with Crippen LogP contribution in [0.2, 0.25) is 0 Å². The Hall–Kier alpha value is -0.640. The first-order valence-electron chi connectivity index (χ1n) is 3.70. The molecule has 0 aromatic heterocycles. The summed E-state index contributed by atoms with van der Waals surface area (Å²) in [5.41, 5.74) is -0.676. The van der Waals surface area contributed by atoms with Crippen LogP contribution in [0.25, 0.3) is 0 Å². The van der Waals surface area contributed by atoms with Gasteiger partial charge in [0.25, 0.3) is 0 Å². The van der Waals surface area contributed by atoms with Gasteiger partial charge in [0, 0.05) is 7.11 Å². The number of hydrogen-bond donors (Lipinski definition) is 1. The van der Waals surface area contributed by atoms with E-state index in [2.05, 4.69) is 4.72 Å². The van der Waals surface area contributed by atoms with Crippen molar-refractivity contribution in [3.63, 3.8) is 0 Å². The Balaban J connectivity index is 4.36. The third-order valence-electron chi connectivity index (χ3n) is 1.19. The molecule has 1 N–H and O–H groups in total. The van der Waals surface area contributed by atoms with Crippen LogP contribution in [-0.2, 0) is 14.8 Å². The lowest BCUT2D eigenvalue weighted by Crippen LogP contribution is -2.47. The summed E-state index contributed by atoms with van der Waals surface area (Å²) in [5.74, 6) is -0.528. The molecule has 0 saturated heterocycles. The Morgan fingerprint density at radius 2 is 2.08 bits per heavy atom. The SMILES string of the molecule is COCC(C)(C)NS(=O)(=O)CC#N. The molecular weight excluding hydrogens is 192 g/mol. The molecule has 0 aromatic rings. The zero-order chi connectivity index (χ0) is 10.5. The molecule has 76 valence electrons. The number of ether oxygens (including phenoxy) is 1. The third-order valence-corrected chi connectivity index (χ3v) is 2.56. The fourth-order valence-corrected chi connectivity index (χ4v) is 2.08. The number of hydrogen-bond acceptors (Lipinski definition) is 4. The van der Waals surface area contributed by atoms with Crippen molar-refractivity contribution in [2.24, 2.45) is 0 Å². The van der Waals surface area contributed by atoms with Crippen LogP contribution in [0.4, 0.5) is 0 Å². The maximum absolute atomic E-state index is 11.1. The van der Waals surface area contributed by atoms with E-state index in [1.807, 2.05) is 0 Å². The van der Waals surface area contributed by atoms with E-state index in [1.165, 1.54) is 7.11 Å². The van der Waals surface area contributed by atoms with E-state index >= 15 is 0 Å². The molecule has 0 radical (unpaired) electrons. The van der Waals surface area contributed by atoms with E-state index in [-0.39, 0.29) is 6.61 Å². The second-order valence-corrected chi connectivity index (χ2v) is 5.06. The van der Waals surface area contributed by atoms with E-state index in [1.54, 1.807) is 19.9 Å². The van der Waals surface area contributed by atoms with Crippen LogP contribution >= 0.6 is 0 Å². The minimum atomic E-state index is -3.50. The second kappa shape index (κ2) is 4.56. The summed E-state index contributed by atoms with van der Waals surface area (Å²) >= 11 is 0. The average molecular weight is 206 g/mol.